The molecule has 0 bridgehead atoms. The van der Waals surface area contributed by atoms with Crippen molar-refractivity contribution < 1.29 is 37.5 Å². The van der Waals surface area contributed by atoms with Gasteiger partial charge in [-0.2, -0.15) is 0 Å². The predicted molar refractivity (Wildman–Crippen MR) is 143 cm³/mol. The normalized spacial score (nSPS) is 18.6. The smallest absolute Gasteiger partial charge is 0.353 e. The van der Waals surface area contributed by atoms with Gasteiger partial charge in [-0.15, -0.1) is 4.73 Å². The zero-order chi connectivity index (χ0) is 28.1. The van der Waals surface area contributed by atoms with Crippen molar-refractivity contribution in [3.63, 3.8) is 0 Å². The summed E-state index contributed by atoms with van der Waals surface area (Å²) in [5.74, 6) is 0.436. The van der Waals surface area contributed by atoms with Gasteiger partial charge in [0.05, 0.1) is 24.3 Å². The highest BCUT2D eigenvalue weighted by Crippen LogP contribution is 2.49. The second-order valence-corrected chi connectivity index (χ2v) is 10.8. The minimum absolute atomic E-state index is 0.0425. The number of ether oxygens (including phenoxy) is 2. The number of carbonyl (C=O) groups excluding carboxylic acids is 2. The van der Waals surface area contributed by atoms with Crippen LogP contribution in [0.1, 0.15) is 60.2 Å². The summed E-state index contributed by atoms with van der Waals surface area (Å²) in [6.07, 6.45) is 5.55. The number of carbonyl (C=O) groups is 2. The van der Waals surface area contributed by atoms with Crippen LogP contribution in [0.4, 0.5) is 5.82 Å². The number of aromatic nitrogens is 4. The summed E-state index contributed by atoms with van der Waals surface area (Å²) in [5.41, 5.74) is 0.994. The highest BCUT2D eigenvalue weighted by Gasteiger charge is 2.39. The van der Waals surface area contributed by atoms with E-state index in [1.165, 1.54) is 23.2 Å². The van der Waals surface area contributed by atoms with Gasteiger partial charge in [-0.1, -0.05) is 18.2 Å². The molecule has 1 saturated heterocycles. The Morgan fingerprint density at radius 1 is 1.07 bits per heavy atom. The van der Waals surface area contributed by atoms with Crippen LogP contribution in [0.3, 0.4) is 0 Å². The zero-order valence-corrected chi connectivity index (χ0v) is 23.1. The number of benzene rings is 1. The maximum Gasteiger partial charge on any atom is 0.353 e. The van der Waals surface area contributed by atoms with E-state index < -0.39 is 32.0 Å². The van der Waals surface area contributed by atoms with Gasteiger partial charge in [-0.25, -0.2) is 19.9 Å². The fourth-order valence-electron chi connectivity index (χ4n) is 4.45. The Morgan fingerprint density at radius 3 is 2.45 bits per heavy atom. The number of hydrogen-bond donors (Lipinski definition) is 0. The lowest BCUT2D eigenvalue weighted by Crippen LogP contribution is -2.34. The number of fused-ring (bicyclic) bond motifs is 2. The maximum absolute atomic E-state index is 13.0. The maximum atomic E-state index is 13.0. The number of hydrogen-bond acceptors (Lipinski definition) is 11. The van der Waals surface area contributed by atoms with E-state index in [1.807, 2.05) is 0 Å². The highest BCUT2D eigenvalue weighted by atomic mass is 31.2. The van der Waals surface area contributed by atoms with Crippen molar-refractivity contribution in [2.45, 2.75) is 52.1 Å². The summed E-state index contributed by atoms with van der Waals surface area (Å²) in [4.78, 5) is 46.0. The topological polar surface area (TPSA) is 144 Å². The Bertz CT molecular complexity index is 1410. The van der Waals surface area contributed by atoms with Crippen LogP contribution in [0, 0.1) is 0 Å². The molecule has 0 radical (unpaired) electrons. The molecule has 0 aliphatic carbocycles. The van der Waals surface area contributed by atoms with Crippen LogP contribution >= 0.6 is 7.60 Å². The van der Waals surface area contributed by atoms with Gasteiger partial charge in [0.1, 0.15) is 12.7 Å². The summed E-state index contributed by atoms with van der Waals surface area (Å²) < 4.78 is 36.6. The number of rotatable bonds is 12. The van der Waals surface area contributed by atoms with Crippen molar-refractivity contribution in [1.29, 1.82) is 0 Å². The number of nitrogens with zero attached hydrogens (tertiary/aromatic N) is 5. The number of anilines is 1. The standard InChI is InChI=1S/C26H30N5O8P/c1-3-36-40(34,37-4-2)15-9-13-21(38-20-12-7-8-14-35-20)39-30-17-29-22-23(30)27-16-28-24(22)31-25(32)18-10-5-6-11-19(18)26(31)33/h5-6,9-11,15-17,20-21H,3-4,7-8,12-14H2,1-2H3. The van der Waals surface area contributed by atoms with Crippen LogP contribution in [0.5, 0.6) is 0 Å². The highest BCUT2D eigenvalue weighted by molar-refractivity contribution is 7.57. The minimum Gasteiger partial charge on any atom is -0.378 e. The molecule has 13 nitrogen and oxygen atoms in total. The van der Waals surface area contributed by atoms with Gasteiger partial charge in [-0.3, -0.25) is 14.2 Å². The molecule has 40 heavy (non-hydrogen) atoms. The second kappa shape index (κ2) is 12.4. The van der Waals surface area contributed by atoms with Crippen molar-refractivity contribution in [1.82, 2.24) is 19.7 Å². The van der Waals surface area contributed by atoms with Gasteiger partial charge >= 0.3 is 7.60 Å². The molecule has 4 heterocycles. The largest absolute Gasteiger partial charge is 0.378 e. The zero-order valence-electron chi connectivity index (χ0n) is 22.2. The van der Waals surface area contributed by atoms with Crippen LogP contribution < -0.4 is 9.74 Å². The molecule has 3 aromatic rings. The fraction of sp³-hybridized carbons (Fsp3) is 0.423. The first kappa shape index (κ1) is 28.1. The van der Waals surface area contributed by atoms with Crippen molar-refractivity contribution in [2.24, 2.45) is 0 Å². The Hall–Kier alpha value is -3.48. The lowest BCUT2D eigenvalue weighted by atomic mass is 10.1. The summed E-state index contributed by atoms with van der Waals surface area (Å²) >= 11 is 0. The molecule has 1 aromatic carbocycles. The Balaban J connectivity index is 1.40. The lowest BCUT2D eigenvalue weighted by molar-refractivity contribution is -0.253. The Kier molecular flexibility index (Phi) is 8.67. The molecule has 212 valence electrons. The summed E-state index contributed by atoms with van der Waals surface area (Å²) in [6.45, 7) is 4.49. The van der Waals surface area contributed by atoms with E-state index in [-0.39, 0.29) is 36.6 Å². The minimum atomic E-state index is -3.42. The van der Waals surface area contributed by atoms with E-state index >= 15 is 0 Å². The number of imidazole rings is 1. The van der Waals surface area contributed by atoms with Crippen LogP contribution in [0.25, 0.3) is 11.2 Å². The summed E-state index contributed by atoms with van der Waals surface area (Å²) in [6, 6.07) is 6.57. The molecule has 5 rings (SSSR count). The van der Waals surface area contributed by atoms with E-state index in [4.69, 9.17) is 23.4 Å². The quantitative estimate of drug-likeness (QED) is 0.176. The summed E-state index contributed by atoms with van der Waals surface area (Å²) in [7, 11) is -3.42. The van der Waals surface area contributed by atoms with Crippen LogP contribution in [-0.2, 0) is 23.1 Å². The molecule has 0 saturated carbocycles. The van der Waals surface area contributed by atoms with Crippen LogP contribution in [0.2, 0.25) is 0 Å². The van der Waals surface area contributed by atoms with Crippen LogP contribution in [-0.4, -0.2) is 63.9 Å². The van der Waals surface area contributed by atoms with Gasteiger partial charge in [0.25, 0.3) is 11.8 Å². The molecule has 2 unspecified atom stereocenters. The Morgan fingerprint density at radius 2 is 1.80 bits per heavy atom. The van der Waals surface area contributed by atoms with Gasteiger partial charge < -0.3 is 23.4 Å². The van der Waals surface area contributed by atoms with E-state index in [0.717, 1.165) is 17.7 Å². The predicted octanol–water partition coefficient (Wildman–Crippen LogP) is 4.09. The third-order valence-corrected chi connectivity index (χ3v) is 8.01. The van der Waals surface area contributed by atoms with Crippen molar-refractivity contribution in [3.05, 3.63) is 59.9 Å². The average molecular weight is 572 g/mol. The van der Waals surface area contributed by atoms with E-state index in [1.54, 1.807) is 44.2 Å². The first-order valence-electron chi connectivity index (χ1n) is 13.1. The molecule has 1 fully saturated rings. The van der Waals surface area contributed by atoms with Crippen LogP contribution in [0.15, 0.2) is 48.8 Å². The van der Waals surface area contributed by atoms with Gasteiger partial charge in [0.2, 0.25) is 11.9 Å². The van der Waals surface area contributed by atoms with Crippen molar-refractivity contribution in [2.75, 3.05) is 24.7 Å². The first-order valence-corrected chi connectivity index (χ1v) is 14.7. The SMILES string of the molecule is CCOP(=O)(C=CCC(OC1CCCCO1)On1cnc2c(N3C(=O)c4ccccc4C3=O)ncnc21)OCC. The van der Waals surface area contributed by atoms with Crippen molar-refractivity contribution >= 4 is 36.4 Å². The molecule has 2 aliphatic heterocycles. The third-order valence-electron chi connectivity index (χ3n) is 6.20. The number of imide groups is 1. The Labute approximate surface area is 230 Å². The molecular weight excluding hydrogens is 541 g/mol. The fourth-order valence-corrected chi connectivity index (χ4v) is 5.79. The molecule has 2 aliphatic rings. The average Bonchev–Trinajstić information content (AvgIpc) is 3.47. The molecule has 2 aromatic heterocycles. The van der Waals surface area contributed by atoms with E-state index in [2.05, 4.69) is 15.0 Å². The van der Waals surface area contributed by atoms with Gasteiger partial charge in [0, 0.05) is 18.8 Å². The lowest BCUT2D eigenvalue weighted by Gasteiger charge is -2.27. The van der Waals surface area contributed by atoms with Gasteiger partial charge in [0.15, 0.2) is 17.6 Å². The number of amides is 2. The molecular formula is C26H30N5O8P. The molecule has 0 N–H and O–H groups in total. The van der Waals surface area contributed by atoms with E-state index in [0.29, 0.717) is 24.2 Å². The molecule has 2 amide bonds. The second-order valence-electron chi connectivity index (χ2n) is 8.89. The van der Waals surface area contributed by atoms with Gasteiger partial charge in [-0.05, 0) is 45.2 Å². The monoisotopic (exact) mass is 571 g/mol. The molecule has 2 atom stereocenters. The molecule has 14 heteroatoms. The molecule has 0 spiro atoms. The third kappa shape index (κ3) is 5.84. The first-order chi connectivity index (χ1) is 19.4. The van der Waals surface area contributed by atoms with Crippen molar-refractivity contribution in [3.8, 4) is 0 Å². The van der Waals surface area contributed by atoms with E-state index in [9.17, 15) is 14.2 Å². The summed E-state index contributed by atoms with van der Waals surface area (Å²) in [5, 5.41) is 0.